The molecule has 1 aromatic heterocycles. The molecule has 1 aromatic rings. The Morgan fingerprint density at radius 1 is 1.50 bits per heavy atom. The number of rotatable bonds is 4. The van der Waals surface area contributed by atoms with Crippen molar-refractivity contribution in [2.45, 2.75) is 38.6 Å². The Hall–Kier alpha value is -1.62. The molecule has 1 aliphatic rings. The van der Waals surface area contributed by atoms with Gasteiger partial charge in [0.1, 0.15) is 0 Å². The lowest BCUT2D eigenvalue weighted by molar-refractivity contribution is -0.140. The monoisotopic (exact) mass is 293 g/mol. The molecule has 0 aliphatic carbocycles. The predicted molar refractivity (Wildman–Crippen MR) is 79.7 cm³/mol. The number of carbonyl (C=O) groups is 2. The molecule has 0 radical (unpaired) electrons. The molecular formula is C15H19NO3S. The first-order valence-electron chi connectivity index (χ1n) is 6.82. The van der Waals surface area contributed by atoms with E-state index in [1.165, 1.54) is 0 Å². The summed E-state index contributed by atoms with van der Waals surface area (Å²) < 4.78 is 0. The standard InChI is InChI=1S/C15H19NO3S/c1-11-7-9-20-13(11)5-6-14(17)16-8-3-2-4-12(16)10-15(18)19/h5-7,9,12H,2-4,8,10H2,1H3,(H,18,19)/b6-5+. The number of hydrogen-bond donors (Lipinski definition) is 1. The van der Waals surface area contributed by atoms with E-state index in [9.17, 15) is 9.59 Å². The smallest absolute Gasteiger partial charge is 0.305 e. The van der Waals surface area contributed by atoms with Crippen molar-refractivity contribution in [2.24, 2.45) is 0 Å². The summed E-state index contributed by atoms with van der Waals surface area (Å²) in [6, 6.07) is 1.85. The number of nitrogens with zero attached hydrogens (tertiary/aromatic N) is 1. The summed E-state index contributed by atoms with van der Waals surface area (Å²) in [4.78, 5) is 25.9. The fourth-order valence-electron chi connectivity index (χ4n) is 2.50. The highest BCUT2D eigenvalue weighted by atomic mass is 32.1. The lowest BCUT2D eigenvalue weighted by Gasteiger charge is -2.34. The largest absolute Gasteiger partial charge is 0.481 e. The van der Waals surface area contributed by atoms with E-state index in [-0.39, 0.29) is 18.4 Å². The summed E-state index contributed by atoms with van der Waals surface area (Å²) in [5.41, 5.74) is 1.15. The minimum absolute atomic E-state index is 0.0393. The molecule has 1 N–H and O–H groups in total. The third kappa shape index (κ3) is 3.70. The summed E-state index contributed by atoms with van der Waals surface area (Å²) in [6.45, 7) is 2.67. The van der Waals surface area contributed by atoms with Crippen LogP contribution in [0.1, 0.15) is 36.1 Å². The highest BCUT2D eigenvalue weighted by molar-refractivity contribution is 7.11. The van der Waals surface area contributed by atoms with Gasteiger partial charge in [0.2, 0.25) is 5.91 Å². The molecule has 4 nitrogen and oxygen atoms in total. The van der Waals surface area contributed by atoms with Crippen LogP contribution in [-0.2, 0) is 9.59 Å². The minimum Gasteiger partial charge on any atom is -0.481 e. The Morgan fingerprint density at radius 2 is 2.30 bits per heavy atom. The van der Waals surface area contributed by atoms with Crippen LogP contribution in [-0.4, -0.2) is 34.5 Å². The Kier molecular flexibility index (Phi) is 4.95. The number of aliphatic carboxylic acids is 1. The van der Waals surface area contributed by atoms with Crippen molar-refractivity contribution >= 4 is 29.3 Å². The number of thiophene rings is 1. The maximum Gasteiger partial charge on any atom is 0.305 e. The van der Waals surface area contributed by atoms with Gasteiger partial charge in [-0.2, -0.15) is 0 Å². The lowest BCUT2D eigenvalue weighted by Crippen LogP contribution is -2.44. The van der Waals surface area contributed by atoms with E-state index in [1.54, 1.807) is 22.3 Å². The summed E-state index contributed by atoms with van der Waals surface area (Å²) in [5.74, 6) is -0.920. The molecule has 1 aliphatic heterocycles. The zero-order chi connectivity index (χ0) is 14.5. The third-order valence-electron chi connectivity index (χ3n) is 3.60. The third-order valence-corrected chi connectivity index (χ3v) is 4.58. The molecule has 0 spiro atoms. The van der Waals surface area contributed by atoms with Gasteiger partial charge in [-0.25, -0.2) is 0 Å². The number of hydrogen-bond acceptors (Lipinski definition) is 3. The second-order valence-corrected chi connectivity index (χ2v) is 6.03. The zero-order valence-corrected chi connectivity index (χ0v) is 12.4. The highest BCUT2D eigenvalue weighted by Crippen LogP contribution is 2.21. The van der Waals surface area contributed by atoms with Crippen LogP contribution >= 0.6 is 11.3 Å². The fraction of sp³-hybridized carbons (Fsp3) is 0.467. The molecule has 20 heavy (non-hydrogen) atoms. The SMILES string of the molecule is Cc1ccsc1/C=C/C(=O)N1CCCCC1CC(=O)O. The highest BCUT2D eigenvalue weighted by Gasteiger charge is 2.27. The van der Waals surface area contributed by atoms with Gasteiger partial charge in [0, 0.05) is 23.5 Å². The van der Waals surface area contributed by atoms with Crippen molar-refractivity contribution in [2.75, 3.05) is 6.54 Å². The molecular weight excluding hydrogens is 274 g/mol. The van der Waals surface area contributed by atoms with Gasteiger partial charge in [-0.15, -0.1) is 11.3 Å². The van der Waals surface area contributed by atoms with Crippen molar-refractivity contribution in [1.29, 1.82) is 0 Å². The Labute approximate surface area is 122 Å². The number of carbonyl (C=O) groups excluding carboxylic acids is 1. The van der Waals surface area contributed by atoms with Gasteiger partial charge >= 0.3 is 5.97 Å². The van der Waals surface area contributed by atoms with Gasteiger partial charge in [0.25, 0.3) is 0 Å². The van der Waals surface area contributed by atoms with Crippen LogP contribution in [0.3, 0.4) is 0 Å². The first-order chi connectivity index (χ1) is 9.58. The second kappa shape index (κ2) is 6.70. The minimum atomic E-state index is -0.840. The van der Waals surface area contributed by atoms with E-state index in [2.05, 4.69) is 0 Å². The van der Waals surface area contributed by atoms with Crippen molar-refractivity contribution in [1.82, 2.24) is 4.90 Å². The van der Waals surface area contributed by atoms with E-state index < -0.39 is 5.97 Å². The van der Waals surface area contributed by atoms with Crippen LogP contribution in [0.4, 0.5) is 0 Å². The van der Waals surface area contributed by atoms with Gasteiger partial charge in [-0.3, -0.25) is 9.59 Å². The quantitative estimate of drug-likeness (QED) is 0.868. The number of amides is 1. The van der Waals surface area contributed by atoms with Gasteiger partial charge in [-0.1, -0.05) is 0 Å². The van der Waals surface area contributed by atoms with Crippen molar-refractivity contribution in [3.05, 3.63) is 28.0 Å². The van der Waals surface area contributed by atoms with Crippen LogP contribution in [0.2, 0.25) is 0 Å². The summed E-state index contributed by atoms with van der Waals surface area (Å²) in [6.07, 6.45) is 6.17. The average molecular weight is 293 g/mol. The maximum atomic E-state index is 12.2. The molecule has 0 saturated carbocycles. The molecule has 1 fully saturated rings. The van der Waals surface area contributed by atoms with Crippen LogP contribution in [0, 0.1) is 6.92 Å². The van der Waals surface area contributed by atoms with Crippen LogP contribution in [0.5, 0.6) is 0 Å². The molecule has 5 heteroatoms. The van der Waals surface area contributed by atoms with E-state index >= 15 is 0 Å². The second-order valence-electron chi connectivity index (χ2n) is 5.08. The maximum absolute atomic E-state index is 12.2. The van der Waals surface area contributed by atoms with Crippen molar-refractivity contribution in [3.63, 3.8) is 0 Å². The predicted octanol–water partition coefficient (Wildman–Crippen LogP) is 2.93. The van der Waals surface area contributed by atoms with Crippen molar-refractivity contribution in [3.8, 4) is 0 Å². The van der Waals surface area contributed by atoms with E-state index in [4.69, 9.17) is 5.11 Å². The van der Waals surface area contributed by atoms with E-state index in [0.29, 0.717) is 6.54 Å². The first-order valence-corrected chi connectivity index (χ1v) is 7.70. The molecule has 1 atom stereocenters. The van der Waals surface area contributed by atoms with Gasteiger partial charge in [0.05, 0.1) is 6.42 Å². The number of carboxylic acid groups (broad SMARTS) is 1. The van der Waals surface area contributed by atoms with Crippen LogP contribution in [0.15, 0.2) is 17.5 Å². The lowest BCUT2D eigenvalue weighted by atomic mass is 9.99. The molecule has 0 aromatic carbocycles. The molecule has 1 amide bonds. The summed E-state index contributed by atoms with van der Waals surface area (Å²) >= 11 is 1.60. The molecule has 2 rings (SSSR count). The molecule has 108 valence electrons. The van der Waals surface area contributed by atoms with Crippen molar-refractivity contribution < 1.29 is 14.7 Å². The number of carboxylic acids is 1. The summed E-state index contributed by atoms with van der Waals surface area (Å²) in [7, 11) is 0. The zero-order valence-electron chi connectivity index (χ0n) is 11.5. The number of aryl methyl sites for hydroxylation is 1. The normalized spacial score (nSPS) is 19.4. The first kappa shape index (κ1) is 14.8. The van der Waals surface area contributed by atoms with Gasteiger partial charge in [-0.05, 0) is 49.3 Å². The van der Waals surface area contributed by atoms with E-state index in [0.717, 1.165) is 29.7 Å². The fourth-order valence-corrected chi connectivity index (χ4v) is 3.32. The number of piperidine rings is 1. The van der Waals surface area contributed by atoms with E-state index in [1.807, 2.05) is 24.4 Å². The molecule has 1 saturated heterocycles. The van der Waals surface area contributed by atoms with Crippen LogP contribution in [0.25, 0.3) is 6.08 Å². The van der Waals surface area contributed by atoms with Gasteiger partial charge < -0.3 is 10.0 Å². The Morgan fingerprint density at radius 3 is 2.95 bits per heavy atom. The molecule has 2 heterocycles. The van der Waals surface area contributed by atoms with Gasteiger partial charge in [0.15, 0.2) is 0 Å². The number of likely N-dealkylation sites (tertiary alicyclic amines) is 1. The Bertz CT molecular complexity index is 521. The Balaban J connectivity index is 2.04. The molecule has 1 unspecified atom stereocenters. The topological polar surface area (TPSA) is 57.6 Å². The average Bonchev–Trinajstić information content (AvgIpc) is 2.81. The molecule has 0 bridgehead atoms. The summed E-state index contributed by atoms with van der Waals surface area (Å²) in [5, 5.41) is 10.9. The van der Waals surface area contributed by atoms with Crippen LogP contribution < -0.4 is 0 Å².